The number of anilines is 1. The number of aromatic nitrogens is 1. The van der Waals surface area contributed by atoms with E-state index in [1.165, 1.54) is 0 Å². The lowest BCUT2D eigenvalue weighted by molar-refractivity contribution is -0.152. The van der Waals surface area contributed by atoms with E-state index in [0.29, 0.717) is 40.8 Å². The molecule has 1 saturated heterocycles. The molecule has 1 fully saturated rings. The summed E-state index contributed by atoms with van der Waals surface area (Å²) in [4.78, 5) is 28.2. The Bertz CT molecular complexity index is 1190. The molecule has 0 N–H and O–H groups in total. The third kappa shape index (κ3) is 5.08. The van der Waals surface area contributed by atoms with Crippen molar-refractivity contribution in [1.29, 1.82) is 0 Å². The molecule has 0 unspecified atom stereocenters. The van der Waals surface area contributed by atoms with Gasteiger partial charge in [-0.05, 0) is 55.3 Å². The van der Waals surface area contributed by atoms with Gasteiger partial charge in [-0.1, -0.05) is 11.2 Å². The molecule has 184 valence electrons. The summed E-state index contributed by atoms with van der Waals surface area (Å²) in [6.07, 6.45) is 0.551. The Morgan fingerprint density at radius 2 is 1.77 bits per heavy atom. The molecule has 1 aliphatic heterocycles. The molecular formula is C26H28N2O7. The number of ether oxygens (including phenoxy) is 4. The van der Waals surface area contributed by atoms with Crippen LogP contribution in [0.15, 0.2) is 53.1 Å². The molecule has 9 nitrogen and oxygen atoms in total. The van der Waals surface area contributed by atoms with Gasteiger partial charge < -0.3 is 28.4 Å². The highest BCUT2D eigenvalue weighted by atomic mass is 16.6. The van der Waals surface area contributed by atoms with E-state index in [9.17, 15) is 9.59 Å². The first-order valence-corrected chi connectivity index (χ1v) is 11.2. The molecule has 2 heterocycles. The van der Waals surface area contributed by atoms with Crippen molar-refractivity contribution < 1.29 is 33.1 Å². The fraction of sp³-hybridized carbons (Fsp3) is 0.346. The van der Waals surface area contributed by atoms with Crippen molar-refractivity contribution in [3.63, 3.8) is 0 Å². The van der Waals surface area contributed by atoms with Gasteiger partial charge >= 0.3 is 5.97 Å². The highest BCUT2D eigenvalue weighted by Gasteiger charge is 2.42. The van der Waals surface area contributed by atoms with Crippen molar-refractivity contribution >= 4 is 17.6 Å². The molecule has 0 bridgehead atoms. The minimum Gasteiger partial charge on any atom is -0.497 e. The topological polar surface area (TPSA) is 100 Å². The Labute approximate surface area is 203 Å². The fourth-order valence-electron chi connectivity index (χ4n) is 4.34. The van der Waals surface area contributed by atoms with Gasteiger partial charge in [0.05, 0.1) is 39.0 Å². The van der Waals surface area contributed by atoms with E-state index in [1.54, 1.807) is 75.6 Å². The van der Waals surface area contributed by atoms with E-state index < -0.39 is 17.9 Å². The van der Waals surface area contributed by atoms with Gasteiger partial charge in [0.25, 0.3) is 0 Å². The highest BCUT2D eigenvalue weighted by molar-refractivity contribution is 5.97. The molecule has 1 aromatic heterocycles. The zero-order valence-corrected chi connectivity index (χ0v) is 20.1. The van der Waals surface area contributed by atoms with Crippen molar-refractivity contribution in [2.45, 2.75) is 32.4 Å². The van der Waals surface area contributed by atoms with Crippen LogP contribution in [0.1, 0.15) is 35.9 Å². The first-order valence-electron chi connectivity index (χ1n) is 11.2. The number of methoxy groups -OCH3 is 3. The van der Waals surface area contributed by atoms with Crippen molar-refractivity contribution in [2.75, 3.05) is 26.2 Å². The van der Waals surface area contributed by atoms with E-state index in [0.717, 1.165) is 5.56 Å². The summed E-state index contributed by atoms with van der Waals surface area (Å²) in [7, 11) is 4.67. The van der Waals surface area contributed by atoms with Crippen molar-refractivity contribution in [2.24, 2.45) is 5.92 Å². The number of amides is 1. The number of rotatable bonds is 8. The molecular weight excluding hydrogens is 452 g/mol. The fourth-order valence-corrected chi connectivity index (χ4v) is 4.34. The van der Waals surface area contributed by atoms with E-state index in [-0.39, 0.29) is 18.9 Å². The average Bonchev–Trinajstić information content (AvgIpc) is 3.31. The van der Waals surface area contributed by atoms with Crippen LogP contribution in [0.4, 0.5) is 5.69 Å². The number of hydrogen-bond acceptors (Lipinski definition) is 8. The maximum Gasteiger partial charge on any atom is 0.311 e. The largest absolute Gasteiger partial charge is 0.497 e. The number of carbonyl (C=O) groups excluding carboxylic acids is 2. The lowest BCUT2D eigenvalue weighted by Crippen LogP contribution is -2.46. The molecule has 3 aromatic rings. The number of hydrogen-bond donors (Lipinski definition) is 0. The van der Waals surface area contributed by atoms with Crippen LogP contribution in [0.25, 0.3) is 0 Å². The quantitative estimate of drug-likeness (QED) is 0.442. The molecule has 0 saturated carbocycles. The lowest BCUT2D eigenvalue weighted by atomic mass is 9.83. The monoisotopic (exact) mass is 480 g/mol. The van der Waals surface area contributed by atoms with Gasteiger partial charge in [0, 0.05) is 18.2 Å². The summed E-state index contributed by atoms with van der Waals surface area (Å²) < 4.78 is 26.9. The Morgan fingerprint density at radius 1 is 1.03 bits per heavy atom. The number of aryl methyl sites for hydroxylation is 1. The number of benzene rings is 2. The second-order valence-corrected chi connectivity index (χ2v) is 8.21. The summed E-state index contributed by atoms with van der Waals surface area (Å²) >= 11 is 0. The SMILES string of the molecule is COc1ccc(N2C(=O)CC[C@@H](C(=O)OCc3cc(C)no3)[C@H]2c2ccc(OC)c(OC)c2)cc1. The van der Waals surface area contributed by atoms with Crippen molar-refractivity contribution in [3.05, 3.63) is 65.5 Å². The standard InChI is InChI=1S/C26H28N2O7/c1-16-13-20(35-27-16)15-34-26(30)21-10-12-24(29)28(18-6-8-19(31-2)9-7-18)25(21)17-5-11-22(32-3)23(14-17)33-4/h5-9,11,13-14,21,25H,10,12,15H2,1-4H3/t21-,25-/m1/s1. The minimum atomic E-state index is -0.617. The third-order valence-corrected chi connectivity index (χ3v) is 6.03. The van der Waals surface area contributed by atoms with Crippen LogP contribution in [0, 0.1) is 12.8 Å². The number of piperidine rings is 1. The molecule has 9 heteroatoms. The van der Waals surface area contributed by atoms with E-state index in [1.807, 2.05) is 6.07 Å². The van der Waals surface area contributed by atoms with Crippen LogP contribution in [-0.2, 0) is 20.9 Å². The van der Waals surface area contributed by atoms with Gasteiger partial charge in [0.1, 0.15) is 5.75 Å². The Balaban J connectivity index is 1.72. The summed E-state index contributed by atoms with van der Waals surface area (Å²) in [5.74, 6) is 1.04. The first kappa shape index (κ1) is 24.1. The second-order valence-electron chi connectivity index (χ2n) is 8.21. The predicted molar refractivity (Wildman–Crippen MR) is 127 cm³/mol. The smallest absolute Gasteiger partial charge is 0.311 e. The van der Waals surface area contributed by atoms with Crippen LogP contribution in [0.2, 0.25) is 0 Å². The molecule has 1 amide bonds. The molecule has 4 rings (SSSR count). The van der Waals surface area contributed by atoms with Crippen LogP contribution < -0.4 is 19.1 Å². The van der Waals surface area contributed by atoms with E-state index in [2.05, 4.69) is 5.16 Å². The van der Waals surface area contributed by atoms with Crippen LogP contribution in [0.5, 0.6) is 17.2 Å². The average molecular weight is 481 g/mol. The van der Waals surface area contributed by atoms with Gasteiger partial charge in [-0.3, -0.25) is 9.59 Å². The molecule has 2 atom stereocenters. The van der Waals surface area contributed by atoms with Gasteiger partial charge in [-0.2, -0.15) is 0 Å². The maximum absolute atomic E-state index is 13.3. The van der Waals surface area contributed by atoms with E-state index >= 15 is 0 Å². The lowest BCUT2D eigenvalue weighted by Gasteiger charge is -2.40. The number of esters is 1. The molecule has 0 aliphatic carbocycles. The first-order chi connectivity index (χ1) is 16.9. The van der Waals surface area contributed by atoms with Gasteiger partial charge in [-0.25, -0.2) is 0 Å². The molecule has 0 radical (unpaired) electrons. The highest BCUT2D eigenvalue weighted by Crippen LogP contribution is 2.43. The van der Waals surface area contributed by atoms with Crippen molar-refractivity contribution in [1.82, 2.24) is 5.16 Å². The van der Waals surface area contributed by atoms with Gasteiger partial charge in [0.2, 0.25) is 5.91 Å². The molecule has 1 aliphatic rings. The van der Waals surface area contributed by atoms with Gasteiger partial charge in [-0.15, -0.1) is 0 Å². The Hall–Kier alpha value is -4.01. The maximum atomic E-state index is 13.3. The zero-order chi connectivity index (χ0) is 24.9. The zero-order valence-electron chi connectivity index (χ0n) is 20.1. The predicted octanol–water partition coefficient (Wildman–Crippen LogP) is 4.24. The Kier molecular flexibility index (Phi) is 7.24. The second kappa shape index (κ2) is 10.5. The number of nitrogens with zero attached hydrogens (tertiary/aromatic N) is 2. The van der Waals surface area contributed by atoms with E-state index in [4.69, 9.17) is 23.5 Å². The summed E-state index contributed by atoms with van der Waals surface area (Å²) in [6.45, 7) is 1.76. The molecule has 35 heavy (non-hydrogen) atoms. The van der Waals surface area contributed by atoms with Crippen LogP contribution >= 0.6 is 0 Å². The summed E-state index contributed by atoms with van der Waals surface area (Å²) in [5.41, 5.74) is 2.08. The summed E-state index contributed by atoms with van der Waals surface area (Å²) in [6, 6.07) is 13.6. The normalized spacial score (nSPS) is 17.7. The van der Waals surface area contributed by atoms with Crippen LogP contribution in [-0.4, -0.2) is 38.4 Å². The van der Waals surface area contributed by atoms with Crippen molar-refractivity contribution in [3.8, 4) is 17.2 Å². The summed E-state index contributed by atoms with van der Waals surface area (Å²) in [5, 5.41) is 3.83. The van der Waals surface area contributed by atoms with Gasteiger partial charge in [0.15, 0.2) is 23.9 Å². The minimum absolute atomic E-state index is 0.0364. The number of carbonyl (C=O) groups is 2. The molecule has 0 spiro atoms. The third-order valence-electron chi connectivity index (χ3n) is 6.03. The van der Waals surface area contributed by atoms with Crippen LogP contribution in [0.3, 0.4) is 0 Å². The Morgan fingerprint density at radius 3 is 2.40 bits per heavy atom. The molecule has 2 aromatic carbocycles.